The van der Waals surface area contributed by atoms with Gasteiger partial charge in [0.15, 0.2) is 9.84 Å². The van der Waals surface area contributed by atoms with Gasteiger partial charge >= 0.3 is 0 Å². The maximum absolute atomic E-state index is 12.1. The van der Waals surface area contributed by atoms with Crippen molar-refractivity contribution < 1.29 is 13.2 Å². The van der Waals surface area contributed by atoms with Gasteiger partial charge in [-0.05, 0) is 32.4 Å². The minimum absolute atomic E-state index is 0.0197. The summed E-state index contributed by atoms with van der Waals surface area (Å²) in [4.78, 5) is 12.1. The predicted molar refractivity (Wildman–Crippen MR) is 85.5 cm³/mol. The molecule has 1 N–H and O–H groups in total. The molecule has 0 aromatic heterocycles. The number of para-hydroxylation sites is 1. The second-order valence-electron chi connectivity index (χ2n) is 6.59. The fourth-order valence-corrected chi connectivity index (χ4v) is 3.58. The van der Waals surface area contributed by atoms with Crippen LogP contribution in [0, 0.1) is 0 Å². The summed E-state index contributed by atoms with van der Waals surface area (Å²) in [7, 11) is -3.22. The van der Waals surface area contributed by atoms with E-state index in [4.69, 9.17) is 0 Å². The largest absolute Gasteiger partial charge is 0.384 e. The van der Waals surface area contributed by atoms with Crippen molar-refractivity contribution in [3.05, 3.63) is 29.8 Å². The van der Waals surface area contributed by atoms with Gasteiger partial charge in [-0.15, -0.1) is 0 Å². The molecule has 2 rings (SSSR count). The lowest BCUT2D eigenvalue weighted by Gasteiger charge is -2.19. The average molecular weight is 309 g/mol. The van der Waals surface area contributed by atoms with Crippen molar-refractivity contribution in [3.63, 3.8) is 0 Å². The van der Waals surface area contributed by atoms with E-state index in [9.17, 15) is 13.2 Å². The first kappa shape index (κ1) is 16.0. The summed E-state index contributed by atoms with van der Waals surface area (Å²) in [6, 6.07) is 7.96. The summed E-state index contributed by atoms with van der Waals surface area (Å²) < 4.78 is 23.3. The number of carbonyl (C=O) groups is 1. The molecule has 1 unspecified atom stereocenters. The number of hydrogen-bond acceptors (Lipinski definition) is 4. The van der Waals surface area contributed by atoms with Crippen molar-refractivity contribution in [2.24, 2.45) is 0 Å². The number of fused-ring (bicyclic) bond motifs is 1. The van der Waals surface area contributed by atoms with Crippen LogP contribution in [0.5, 0.6) is 0 Å². The van der Waals surface area contributed by atoms with Crippen molar-refractivity contribution in [2.75, 3.05) is 17.6 Å². The molecule has 0 saturated carbocycles. The first-order valence-corrected chi connectivity index (χ1v) is 8.93. The molecule has 0 bridgehead atoms. The topological polar surface area (TPSA) is 63.2 Å². The number of Topliss-reactive ketones (excluding diaryl/α,β-unsaturated/α-hetero) is 1. The Bertz CT molecular complexity index is 629. The Morgan fingerprint density at radius 3 is 2.62 bits per heavy atom. The first-order valence-electron chi connectivity index (χ1n) is 7.27. The van der Waals surface area contributed by atoms with Crippen LogP contribution < -0.4 is 5.32 Å². The summed E-state index contributed by atoms with van der Waals surface area (Å²) >= 11 is 0. The molecule has 21 heavy (non-hydrogen) atoms. The molecule has 4 nitrogen and oxygen atoms in total. The van der Waals surface area contributed by atoms with Crippen LogP contribution in [0.4, 0.5) is 5.69 Å². The molecule has 1 atom stereocenters. The van der Waals surface area contributed by atoms with Gasteiger partial charge in [-0.3, -0.25) is 4.79 Å². The Kier molecular flexibility index (Phi) is 4.42. The zero-order valence-electron chi connectivity index (χ0n) is 12.8. The fourth-order valence-electron chi connectivity index (χ4n) is 2.47. The zero-order valence-corrected chi connectivity index (χ0v) is 13.7. The van der Waals surface area contributed by atoms with Crippen molar-refractivity contribution in [1.29, 1.82) is 0 Å². The quantitative estimate of drug-likeness (QED) is 0.908. The van der Waals surface area contributed by atoms with E-state index >= 15 is 0 Å². The Morgan fingerprint density at radius 2 is 1.95 bits per heavy atom. The fraction of sp³-hybridized carbons (Fsp3) is 0.562. The van der Waals surface area contributed by atoms with Crippen LogP contribution >= 0.6 is 0 Å². The predicted octanol–water partition coefficient (Wildman–Crippen LogP) is 2.76. The first-order chi connectivity index (χ1) is 9.71. The maximum Gasteiger partial charge on any atom is 0.155 e. The molecule has 1 aromatic rings. The molecule has 1 aliphatic heterocycles. The molecule has 0 aliphatic carbocycles. The summed E-state index contributed by atoms with van der Waals surface area (Å²) in [6.45, 7) is 5.76. The van der Waals surface area contributed by atoms with E-state index in [1.807, 2.05) is 24.3 Å². The second-order valence-corrected chi connectivity index (χ2v) is 9.45. The number of anilines is 1. The molecule has 1 aliphatic rings. The minimum atomic E-state index is -3.22. The van der Waals surface area contributed by atoms with Crippen LogP contribution in [0.1, 0.15) is 45.1 Å². The van der Waals surface area contributed by atoms with E-state index in [1.54, 1.807) is 20.8 Å². The monoisotopic (exact) mass is 309 g/mol. The van der Waals surface area contributed by atoms with E-state index in [-0.39, 0.29) is 23.9 Å². The van der Waals surface area contributed by atoms with Gasteiger partial charge in [-0.25, -0.2) is 8.42 Å². The maximum atomic E-state index is 12.1. The zero-order chi connectivity index (χ0) is 15.7. The highest BCUT2D eigenvalue weighted by atomic mass is 32.2. The third kappa shape index (κ3) is 3.64. The van der Waals surface area contributed by atoms with E-state index in [0.717, 1.165) is 17.8 Å². The molecule has 0 saturated heterocycles. The molecular formula is C16H23NO3S. The van der Waals surface area contributed by atoms with Crippen molar-refractivity contribution in [2.45, 2.75) is 44.3 Å². The van der Waals surface area contributed by atoms with Crippen LogP contribution in [-0.2, 0) is 14.6 Å². The smallest absolute Gasteiger partial charge is 0.155 e. The van der Waals surface area contributed by atoms with Crippen LogP contribution in [0.15, 0.2) is 24.3 Å². The van der Waals surface area contributed by atoms with Crippen molar-refractivity contribution in [1.82, 2.24) is 0 Å². The molecule has 0 amide bonds. The van der Waals surface area contributed by atoms with Gasteiger partial charge in [0, 0.05) is 31.0 Å². The number of carbonyl (C=O) groups excluding carboxylic acids is 1. The number of ketones is 1. The Balaban J connectivity index is 1.93. The molecule has 0 spiro atoms. The number of hydrogen-bond donors (Lipinski definition) is 1. The minimum Gasteiger partial charge on any atom is -0.384 e. The number of sulfone groups is 1. The van der Waals surface area contributed by atoms with E-state index in [2.05, 4.69) is 5.32 Å². The number of benzene rings is 1. The van der Waals surface area contributed by atoms with Crippen molar-refractivity contribution >= 4 is 21.3 Å². The Hall–Kier alpha value is -1.36. The third-order valence-corrected chi connectivity index (χ3v) is 6.60. The van der Waals surface area contributed by atoms with E-state index in [1.165, 1.54) is 0 Å². The Labute approximate surface area is 126 Å². The molecule has 1 aromatic carbocycles. The molecular weight excluding hydrogens is 286 g/mol. The van der Waals surface area contributed by atoms with E-state index < -0.39 is 14.6 Å². The molecule has 0 radical (unpaired) electrons. The average Bonchev–Trinajstić information content (AvgIpc) is 2.79. The van der Waals surface area contributed by atoms with Crippen LogP contribution in [0.25, 0.3) is 0 Å². The van der Waals surface area contributed by atoms with Crippen LogP contribution in [-0.4, -0.2) is 31.2 Å². The van der Waals surface area contributed by atoms with Gasteiger partial charge < -0.3 is 5.32 Å². The molecule has 1 heterocycles. The Morgan fingerprint density at radius 1 is 1.29 bits per heavy atom. The van der Waals surface area contributed by atoms with Gasteiger partial charge in [0.1, 0.15) is 5.78 Å². The van der Waals surface area contributed by atoms with Crippen LogP contribution in [0.2, 0.25) is 0 Å². The lowest BCUT2D eigenvalue weighted by molar-refractivity contribution is -0.119. The van der Waals surface area contributed by atoms with Crippen molar-refractivity contribution in [3.8, 4) is 0 Å². The summed E-state index contributed by atoms with van der Waals surface area (Å²) in [6.07, 6.45) is 0.516. The van der Waals surface area contributed by atoms with Crippen LogP contribution in [0.3, 0.4) is 0 Å². The highest BCUT2D eigenvalue weighted by molar-refractivity contribution is 7.92. The molecule has 5 heteroatoms. The molecule has 116 valence electrons. The lowest BCUT2D eigenvalue weighted by Crippen LogP contribution is -2.31. The van der Waals surface area contributed by atoms with Gasteiger partial charge in [0.2, 0.25) is 0 Å². The summed E-state index contributed by atoms with van der Waals surface area (Å²) in [5, 5.41) is 3.28. The van der Waals surface area contributed by atoms with Gasteiger partial charge in [0.25, 0.3) is 0 Å². The standard InChI is InChI=1S/C16H23NO3S/c1-16(2,3)21(19,20)9-8-13(18)10-12-11-17-15-7-5-4-6-14(12)15/h4-7,12,17H,8-11H2,1-3H3. The molecule has 0 fully saturated rings. The normalized spacial score (nSPS) is 18.1. The van der Waals surface area contributed by atoms with Gasteiger partial charge in [-0.1, -0.05) is 18.2 Å². The lowest BCUT2D eigenvalue weighted by atomic mass is 9.95. The van der Waals surface area contributed by atoms with E-state index in [0.29, 0.717) is 6.42 Å². The number of rotatable bonds is 5. The highest BCUT2D eigenvalue weighted by Crippen LogP contribution is 2.33. The number of nitrogens with one attached hydrogen (secondary N) is 1. The summed E-state index contributed by atoms with van der Waals surface area (Å²) in [5.41, 5.74) is 2.24. The van der Waals surface area contributed by atoms with Gasteiger partial charge in [0.05, 0.1) is 10.5 Å². The third-order valence-electron chi connectivity index (χ3n) is 4.00. The second kappa shape index (κ2) is 5.79. The van der Waals surface area contributed by atoms with Gasteiger partial charge in [-0.2, -0.15) is 0 Å². The highest BCUT2D eigenvalue weighted by Gasteiger charge is 2.30. The SMILES string of the molecule is CC(C)(C)S(=O)(=O)CCC(=O)CC1CNc2ccccc21. The summed E-state index contributed by atoms with van der Waals surface area (Å²) in [5.74, 6) is 0.120.